The van der Waals surface area contributed by atoms with Gasteiger partial charge in [0.2, 0.25) is 0 Å². The molecule has 1 rings (SSSR count). The van der Waals surface area contributed by atoms with Crippen LogP contribution in [0.1, 0.15) is 5.56 Å². The van der Waals surface area contributed by atoms with Crippen molar-refractivity contribution in [2.24, 2.45) is 0 Å². The summed E-state index contributed by atoms with van der Waals surface area (Å²) < 4.78 is 21.7. The predicted octanol–water partition coefficient (Wildman–Crippen LogP) is 2.27. The van der Waals surface area contributed by atoms with Gasteiger partial charge in [0.15, 0.2) is 9.84 Å². The molecule has 0 aromatic heterocycles. The number of halogens is 1. The highest BCUT2D eigenvalue weighted by Crippen LogP contribution is 2.18. The minimum atomic E-state index is -3.17. The summed E-state index contributed by atoms with van der Waals surface area (Å²) in [6.45, 7) is 0. The number of hydrogen-bond donors (Lipinski definition) is 0. The van der Waals surface area contributed by atoms with Gasteiger partial charge in [0.25, 0.3) is 0 Å². The van der Waals surface area contributed by atoms with Gasteiger partial charge in [-0.05, 0) is 5.56 Å². The maximum Gasteiger partial charge on any atom is 0.170 e. The van der Waals surface area contributed by atoms with Crippen LogP contribution in [0.2, 0.25) is 0 Å². The van der Waals surface area contributed by atoms with Crippen molar-refractivity contribution in [3.63, 3.8) is 0 Å². The van der Waals surface area contributed by atoms with Crippen LogP contribution in [0.4, 0.5) is 0 Å². The maximum atomic E-state index is 10.9. The predicted molar refractivity (Wildman–Crippen MR) is 55.1 cm³/mol. The molecule has 0 bridgehead atoms. The van der Waals surface area contributed by atoms with Gasteiger partial charge >= 0.3 is 0 Å². The van der Waals surface area contributed by atoms with Crippen molar-refractivity contribution in [3.05, 3.63) is 41.3 Å². The third kappa shape index (κ3) is 3.61. The van der Waals surface area contributed by atoms with E-state index in [1.54, 1.807) is 24.3 Å². The van der Waals surface area contributed by atoms with Crippen molar-refractivity contribution in [2.75, 3.05) is 6.26 Å². The molecular formula is C9H9ClO2S. The van der Waals surface area contributed by atoms with Gasteiger partial charge in [0.05, 0.1) is 5.03 Å². The fourth-order valence-corrected chi connectivity index (χ4v) is 1.98. The minimum Gasteiger partial charge on any atom is -0.225 e. The smallest absolute Gasteiger partial charge is 0.170 e. The molecule has 0 unspecified atom stereocenters. The second-order valence-electron chi connectivity index (χ2n) is 2.66. The number of sulfone groups is 1. The van der Waals surface area contributed by atoms with Crippen molar-refractivity contribution in [1.82, 2.24) is 0 Å². The SMILES string of the molecule is CS(=O)(=O)/C=C(/Cl)c1ccccc1. The Morgan fingerprint density at radius 3 is 2.31 bits per heavy atom. The molecule has 0 aliphatic heterocycles. The summed E-state index contributed by atoms with van der Waals surface area (Å²) in [6, 6.07) is 8.95. The molecule has 0 amide bonds. The molecule has 70 valence electrons. The molecule has 0 aliphatic rings. The largest absolute Gasteiger partial charge is 0.225 e. The Bertz CT molecular complexity index is 407. The molecule has 0 aliphatic carbocycles. The quantitative estimate of drug-likeness (QED) is 0.760. The van der Waals surface area contributed by atoms with Gasteiger partial charge in [-0.2, -0.15) is 0 Å². The van der Waals surface area contributed by atoms with E-state index < -0.39 is 9.84 Å². The lowest BCUT2D eigenvalue weighted by atomic mass is 10.2. The van der Waals surface area contributed by atoms with E-state index in [4.69, 9.17) is 11.6 Å². The summed E-state index contributed by atoms with van der Waals surface area (Å²) in [5.41, 5.74) is 0.703. The first-order valence-corrected chi connectivity index (χ1v) is 5.95. The van der Waals surface area contributed by atoms with Crippen molar-refractivity contribution in [3.8, 4) is 0 Å². The van der Waals surface area contributed by atoms with Gasteiger partial charge in [0, 0.05) is 11.7 Å². The van der Waals surface area contributed by atoms with Gasteiger partial charge < -0.3 is 0 Å². The normalized spacial score (nSPS) is 12.9. The first-order valence-electron chi connectivity index (χ1n) is 3.62. The molecule has 4 heteroatoms. The fourth-order valence-electron chi connectivity index (χ4n) is 0.853. The molecule has 2 nitrogen and oxygen atoms in total. The van der Waals surface area contributed by atoms with Crippen LogP contribution < -0.4 is 0 Å². The number of rotatable bonds is 2. The Labute approximate surface area is 82.8 Å². The second-order valence-corrected chi connectivity index (χ2v) is 4.96. The Hall–Kier alpha value is -0.800. The summed E-state index contributed by atoms with van der Waals surface area (Å²) in [4.78, 5) is 0. The van der Waals surface area contributed by atoms with E-state index >= 15 is 0 Å². The van der Waals surface area contributed by atoms with Gasteiger partial charge in [-0.3, -0.25) is 0 Å². The number of hydrogen-bond acceptors (Lipinski definition) is 2. The highest BCUT2D eigenvalue weighted by Gasteiger charge is 2.01. The molecule has 0 atom stereocenters. The first-order chi connectivity index (χ1) is 5.99. The van der Waals surface area contributed by atoms with E-state index in [1.165, 1.54) is 0 Å². The summed E-state index contributed by atoms with van der Waals surface area (Å²) in [5.74, 6) is 0. The van der Waals surface area contributed by atoms with Crippen LogP contribution in [0.3, 0.4) is 0 Å². The van der Waals surface area contributed by atoms with E-state index in [2.05, 4.69) is 0 Å². The van der Waals surface area contributed by atoms with Gasteiger partial charge in [0.1, 0.15) is 0 Å². The molecule has 0 fully saturated rings. The lowest BCUT2D eigenvalue weighted by Gasteiger charge is -1.96. The van der Waals surface area contributed by atoms with E-state index in [0.29, 0.717) is 5.56 Å². The first kappa shape index (κ1) is 10.3. The second kappa shape index (κ2) is 3.94. The molecule has 0 saturated carbocycles. The molecule has 0 heterocycles. The standard InChI is InChI=1S/C9H9ClO2S/c1-13(11,12)7-9(10)8-5-3-2-4-6-8/h2-7H,1H3/b9-7+. The average Bonchev–Trinajstić information content (AvgIpc) is 2.03. The molecule has 13 heavy (non-hydrogen) atoms. The Morgan fingerprint density at radius 2 is 1.85 bits per heavy atom. The van der Waals surface area contributed by atoms with E-state index in [-0.39, 0.29) is 5.03 Å². The van der Waals surface area contributed by atoms with Crippen LogP contribution >= 0.6 is 11.6 Å². The molecule has 0 saturated heterocycles. The molecule has 0 radical (unpaired) electrons. The van der Waals surface area contributed by atoms with E-state index in [0.717, 1.165) is 11.7 Å². The Balaban J connectivity index is 3.06. The number of benzene rings is 1. The van der Waals surface area contributed by atoms with Crippen LogP contribution in [0.15, 0.2) is 35.7 Å². The van der Waals surface area contributed by atoms with Crippen molar-refractivity contribution < 1.29 is 8.42 Å². The Kier molecular flexibility index (Phi) is 3.12. The van der Waals surface area contributed by atoms with E-state index in [9.17, 15) is 8.42 Å². The van der Waals surface area contributed by atoms with E-state index in [1.807, 2.05) is 6.07 Å². The maximum absolute atomic E-state index is 10.9. The zero-order valence-corrected chi connectivity index (χ0v) is 8.64. The molecule has 1 aromatic carbocycles. The third-order valence-electron chi connectivity index (χ3n) is 1.37. The highest BCUT2D eigenvalue weighted by atomic mass is 35.5. The van der Waals surface area contributed by atoms with Crippen LogP contribution in [0.5, 0.6) is 0 Å². The lowest BCUT2D eigenvalue weighted by Crippen LogP contribution is -1.89. The molecule has 0 spiro atoms. The summed E-state index contributed by atoms with van der Waals surface area (Å²) in [5, 5.41) is 1.28. The highest BCUT2D eigenvalue weighted by molar-refractivity contribution is 7.93. The zero-order chi connectivity index (χ0) is 9.90. The topological polar surface area (TPSA) is 34.1 Å². The zero-order valence-electron chi connectivity index (χ0n) is 7.07. The van der Waals surface area contributed by atoms with Crippen molar-refractivity contribution in [2.45, 2.75) is 0 Å². The Morgan fingerprint density at radius 1 is 1.31 bits per heavy atom. The van der Waals surface area contributed by atoms with Crippen LogP contribution in [0.25, 0.3) is 5.03 Å². The van der Waals surface area contributed by atoms with Crippen LogP contribution in [-0.2, 0) is 9.84 Å². The fraction of sp³-hybridized carbons (Fsp3) is 0.111. The van der Waals surface area contributed by atoms with Gasteiger partial charge in [-0.25, -0.2) is 8.42 Å². The van der Waals surface area contributed by atoms with Crippen LogP contribution in [0, 0.1) is 0 Å². The summed E-state index contributed by atoms with van der Waals surface area (Å²) in [6.07, 6.45) is 1.11. The monoisotopic (exact) mass is 216 g/mol. The summed E-state index contributed by atoms with van der Waals surface area (Å²) in [7, 11) is -3.17. The van der Waals surface area contributed by atoms with Crippen molar-refractivity contribution in [1.29, 1.82) is 0 Å². The third-order valence-corrected chi connectivity index (χ3v) is 2.49. The van der Waals surface area contributed by atoms with Crippen molar-refractivity contribution >= 4 is 26.5 Å². The minimum absolute atomic E-state index is 0.239. The molecule has 0 N–H and O–H groups in total. The average molecular weight is 217 g/mol. The lowest BCUT2D eigenvalue weighted by molar-refractivity contribution is 0.610. The molecular weight excluding hydrogens is 208 g/mol. The van der Waals surface area contributed by atoms with Crippen LogP contribution in [-0.4, -0.2) is 14.7 Å². The van der Waals surface area contributed by atoms with Gasteiger partial charge in [-0.15, -0.1) is 0 Å². The summed E-state index contributed by atoms with van der Waals surface area (Å²) >= 11 is 5.77. The molecule has 1 aromatic rings. The van der Waals surface area contributed by atoms with Gasteiger partial charge in [-0.1, -0.05) is 41.9 Å².